The summed E-state index contributed by atoms with van der Waals surface area (Å²) in [4.78, 5) is 12.5. The zero-order valence-electron chi connectivity index (χ0n) is 16.5. The first-order valence-corrected chi connectivity index (χ1v) is 9.65. The summed E-state index contributed by atoms with van der Waals surface area (Å²) >= 11 is 0. The van der Waals surface area contributed by atoms with E-state index in [1.54, 1.807) is 7.11 Å². The molecule has 1 aromatic rings. The number of hydrogen-bond donors (Lipinski definition) is 3. The summed E-state index contributed by atoms with van der Waals surface area (Å²) in [5.41, 5.74) is 7.72. The average Bonchev–Trinajstić information content (AvgIpc) is 2.61. The molecular formula is C21H34N2O3. The highest BCUT2D eigenvalue weighted by atomic mass is 16.5. The van der Waals surface area contributed by atoms with E-state index in [0.29, 0.717) is 23.8 Å². The van der Waals surface area contributed by atoms with Crippen LogP contribution in [0.25, 0.3) is 0 Å². The monoisotopic (exact) mass is 362 g/mol. The number of carbonyl (C=O) groups excluding carboxylic acids is 1. The average molecular weight is 363 g/mol. The molecule has 5 nitrogen and oxygen atoms in total. The van der Waals surface area contributed by atoms with E-state index < -0.39 is 18.1 Å². The van der Waals surface area contributed by atoms with Gasteiger partial charge in [-0.2, -0.15) is 0 Å². The molecule has 0 spiro atoms. The van der Waals surface area contributed by atoms with Crippen molar-refractivity contribution < 1.29 is 14.6 Å². The normalized spacial score (nSPS) is 18.2. The van der Waals surface area contributed by atoms with Crippen LogP contribution in [0.3, 0.4) is 0 Å². The largest absolute Gasteiger partial charge is 0.495 e. The number of aliphatic hydroxyl groups is 1. The van der Waals surface area contributed by atoms with Gasteiger partial charge >= 0.3 is 0 Å². The van der Waals surface area contributed by atoms with E-state index in [1.165, 1.54) is 19.3 Å². The van der Waals surface area contributed by atoms with Gasteiger partial charge in [0.1, 0.15) is 11.9 Å². The van der Waals surface area contributed by atoms with Gasteiger partial charge in [0.25, 0.3) is 5.91 Å². The highest BCUT2D eigenvalue weighted by Crippen LogP contribution is 2.32. The van der Waals surface area contributed by atoms with Gasteiger partial charge < -0.3 is 20.9 Å². The number of rotatable bonds is 6. The predicted molar refractivity (Wildman–Crippen MR) is 105 cm³/mol. The van der Waals surface area contributed by atoms with Gasteiger partial charge in [0, 0.05) is 6.04 Å². The van der Waals surface area contributed by atoms with Crippen molar-refractivity contribution in [1.82, 2.24) is 0 Å². The zero-order valence-corrected chi connectivity index (χ0v) is 16.5. The summed E-state index contributed by atoms with van der Waals surface area (Å²) in [7, 11) is 1.56. The van der Waals surface area contributed by atoms with Gasteiger partial charge in [0.2, 0.25) is 0 Å². The third-order valence-corrected chi connectivity index (χ3v) is 5.33. The van der Waals surface area contributed by atoms with Gasteiger partial charge in [-0.05, 0) is 35.4 Å². The van der Waals surface area contributed by atoms with Crippen molar-refractivity contribution in [1.29, 1.82) is 0 Å². The van der Waals surface area contributed by atoms with E-state index in [-0.39, 0.29) is 5.41 Å². The second-order valence-corrected chi connectivity index (χ2v) is 8.50. The van der Waals surface area contributed by atoms with E-state index in [0.717, 1.165) is 18.4 Å². The lowest BCUT2D eigenvalue weighted by Gasteiger charge is -2.27. The molecule has 0 aromatic heterocycles. The van der Waals surface area contributed by atoms with Crippen LogP contribution in [0.1, 0.15) is 64.9 Å². The van der Waals surface area contributed by atoms with Crippen molar-refractivity contribution in [3.63, 3.8) is 0 Å². The van der Waals surface area contributed by atoms with Gasteiger partial charge in [-0.1, -0.05) is 58.9 Å². The predicted octanol–water partition coefficient (Wildman–Crippen LogP) is 3.59. The minimum absolute atomic E-state index is 0.0538. The van der Waals surface area contributed by atoms with Crippen LogP contribution in [0.4, 0.5) is 5.69 Å². The summed E-state index contributed by atoms with van der Waals surface area (Å²) < 4.78 is 5.35. The summed E-state index contributed by atoms with van der Waals surface area (Å²) in [6.45, 7) is 6.32. The third kappa shape index (κ3) is 5.45. The second-order valence-electron chi connectivity index (χ2n) is 8.50. The Balaban J connectivity index is 2.05. The number of nitrogens with one attached hydrogen (secondary N) is 1. The van der Waals surface area contributed by atoms with Crippen molar-refractivity contribution in [2.24, 2.45) is 11.7 Å². The SMILES string of the molecule is COc1ccc(C(C)(C)C)cc1NC(=O)C(O)[C@H](N)CC1CCCCC1. The first-order valence-electron chi connectivity index (χ1n) is 9.65. The van der Waals surface area contributed by atoms with Crippen LogP contribution in [0.5, 0.6) is 5.75 Å². The van der Waals surface area contributed by atoms with Gasteiger partial charge in [0.05, 0.1) is 12.8 Å². The molecule has 2 rings (SSSR count). The molecule has 1 aliphatic carbocycles. The van der Waals surface area contributed by atoms with Gasteiger partial charge in [-0.3, -0.25) is 4.79 Å². The molecule has 1 aliphatic rings. The van der Waals surface area contributed by atoms with E-state index in [2.05, 4.69) is 26.1 Å². The number of methoxy groups -OCH3 is 1. The van der Waals surface area contributed by atoms with Gasteiger partial charge in [0.15, 0.2) is 0 Å². The highest BCUT2D eigenvalue weighted by molar-refractivity contribution is 5.95. The number of ether oxygens (including phenoxy) is 1. The van der Waals surface area contributed by atoms with Crippen molar-refractivity contribution in [3.8, 4) is 5.75 Å². The molecule has 1 unspecified atom stereocenters. The third-order valence-electron chi connectivity index (χ3n) is 5.33. The Morgan fingerprint density at radius 3 is 2.54 bits per heavy atom. The fourth-order valence-corrected chi connectivity index (χ4v) is 3.61. The maximum absolute atomic E-state index is 12.5. The van der Waals surface area contributed by atoms with Crippen molar-refractivity contribution in [2.45, 2.75) is 76.9 Å². The first-order chi connectivity index (χ1) is 12.2. The van der Waals surface area contributed by atoms with Crippen LogP contribution >= 0.6 is 0 Å². The Morgan fingerprint density at radius 2 is 1.96 bits per heavy atom. The standard InChI is InChI=1S/C21H34N2O3/c1-21(2,3)15-10-11-18(26-4)17(13-15)23-20(25)19(24)16(22)12-14-8-6-5-7-9-14/h10-11,13-14,16,19,24H,5-9,12,22H2,1-4H3,(H,23,25)/t16-,19?/m1/s1. The lowest BCUT2D eigenvalue weighted by Crippen LogP contribution is -2.44. The van der Waals surface area contributed by atoms with Crippen LogP contribution in [-0.2, 0) is 10.2 Å². The topological polar surface area (TPSA) is 84.6 Å². The Morgan fingerprint density at radius 1 is 1.31 bits per heavy atom. The van der Waals surface area contributed by atoms with Gasteiger partial charge in [-0.25, -0.2) is 0 Å². The Labute approximate surface area is 157 Å². The number of carbonyl (C=O) groups is 1. The molecule has 1 fully saturated rings. The Kier molecular flexibility index (Phi) is 7.07. The van der Waals surface area contributed by atoms with Crippen LogP contribution in [0.15, 0.2) is 18.2 Å². The number of anilines is 1. The molecule has 146 valence electrons. The molecule has 0 heterocycles. The number of benzene rings is 1. The quantitative estimate of drug-likeness (QED) is 0.722. The van der Waals surface area contributed by atoms with E-state index >= 15 is 0 Å². The lowest BCUT2D eigenvalue weighted by molar-refractivity contribution is -0.125. The molecule has 0 radical (unpaired) electrons. The maximum Gasteiger partial charge on any atom is 0.254 e. The van der Waals surface area contributed by atoms with Crippen molar-refractivity contribution >= 4 is 11.6 Å². The number of amides is 1. The summed E-state index contributed by atoms with van der Waals surface area (Å²) in [5, 5.41) is 13.2. The molecule has 1 saturated carbocycles. The molecule has 2 atom stereocenters. The molecule has 0 bridgehead atoms. The molecule has 0 aliphatic heterocycles. The molecule has 1 aromatic carbocycles. The molecule has 4 N–H and O–H groups in total. The minimum atomic E-state index is -1.22. The fraction of sp³-hybridized carbons (Fsp3) is 0.667. The summed E-state index contributed by atoms with van der Waals surface area (Å²) in [6, 6.07) is 5.18. The molecule has 26 heavy (non-hydrogen) atoms. The Bertz CT molecular complexity index is 604. The number of hydrogen-bond acceptors (Lipinski definition) is 4. The second kappa shape index (κ2) is 8.87. The molecule has 1 amide bonds. The molecule has 5 heteroatoms. The van der Waals surface area contributed by atoms with Crippen molar-refractivity contribution in [3.05, 3.63) is 23.8 Å². The highest BCUT2D eigenvalue weighted by Gasteiger charge is 2.27. The smallest absolute Gasteiger partial charge is 0.254 e. The lowest BCUT2D eigenvalue weighted by atomic mass is 9.84. The first kappa shape index (κ1) is 20.7. The van der Waals surface area contributed by atoms with Gasteiger partial charge in [-0.15, -0.1) is 0 Å². The molecular weight excluding hydrogens is 328 g/mol. The number of aliphatic hydroxyl groups excluding tert-OH is 1. The zero-order chi connectivity index (χ0) is 19.3. The van der Waals surface area contributed by atoms with E-state index in [4.69, 9.17) is 10.5 Å². The van der Waals surface area contributed by atoms with Crippen LogP contribution < -0.4 is 15.8 Å². The molecule has 0 saturated heterocycles. The fourth-order valence-electron chi connectivity index (χ4n) is 3.61. The summed E-state index contributed by atoms with van der Waals surface area (Å²) in [5.74, 6) is 0.608. The van der Waals surface area contributed by atoms with Crippen LogP contribution in [0.2, 0.25) is 0 Å². The van der Waals surface area contributed by atoms with E-state index in [9.17, 15) is 9.90 Å². The maximum atomic E-state index is 12.5. The summed E-state index contributed by atoms with van der Waals surface area (Å²) in [6.07, 6.45) is 5.46. The van der Waals surface area contributed by atoms with Crippen LogP contribution in [0, 0.1) is 5.92 Å². The Hall–Kier alpha value is -1.59. The van der Waals surface area contributed by atoms with Crippen molar-refractivity contribution in [2.75, 3.05) is 12.4 Å². The number of nitrogens with two attached hydrogens (primary N) is 1. The van der Waals surface area contributed by atoms with Crippen LogP contribution in [-0.4, -0.2) is 30.3 Å². The van der Waals surface area contributed by atoms with E-state index in [1.807, 2.05) is 18.2 Å². The minimum Gasteiger partial charge on any atom is -0.495 e.